The summed E-state index contributed by atoms with van der Waals surface area (Å²) in [5.74, 6) is -1.95. The maximum Gasteiger partial charge on any atom is 0.322 e. The second kappa shape index (κ2) is 3.86. The highest BCUT2D eigenvalue weighted by Gasteiger charge is 2.48. The summed E-state index contributed by atoms with van der Waals surface area (Å²) in [7, 11) is 0. The van der Waals surface area contributed by atoms with Gasteiger partial charge < -0.3 is 10.8 Å². The van der Waals surface area contributed by atoms with Gasteiger partial charge in [-0.15, -0.1) is 0 Å². The van der Waals surface area contributed by atoms with Crippen LogP contribution in [0.5, 0.6) is 0 Å². The molecule has 0 saturated carbocycles. The number of carbonyl (C=O) groups excluding carboxylic acids is 2. The fourth-order valence-corrected chi connectivity index (χ4v) is 1.76. The van der Waals surface area contributed by atoms with Crippen molar-refractivity contribution in [3.63, 3.8) is 0 Å². The highest BCUT2D eigenvalue weighted by atomic mass is 16.4. The number of carbonyl (C=O) groups is 3. The lowest BCUT2D eigenvalue weighted by Gasteiger charge is -2.26. The van der Waals surface area contributed by atoms with Gasteiger partial charge in [0.25, 0.3) is 0 Å². The van der Waals surface area contributed by atoms with Crippen molar-refractivity contribution in [3.05, 3.63) is 0 Å². The van der Waals surface area contributed by atoms with Gasteiger partial charge in [0.15, 0.2) is 0 Å². The molecule has 1 fully saturated rings. The molecule has 1 aliphatic heterocycles. The fourth-order valence-electron chi connectivity index (χ4n) is 1.76. The molecule has 2 amide bonds. The molecule has 16 heavy (non-hydrogen) atoms. The minimum atomic E-state index is -1.25. The summed E-state index contributed by atoms with van der Waals surface area (Å²) < 4.78 is 0. The van der Waals surface area contributed by atoms with Crippen LogP contribution in [-0.4, -0.2) is 39.9 Å². The van der Waals surface area contributed by atoms with E-state index in [1.54, 1.807) is 13.8 Å². The molecule has 0 spiro atoms. The molecule has 0 bridgehead atoms. The number of carboxylic acids is 1. The maximum absolute atomic E-state index is 11.9. The Morgan fingerprint density at radius 3 is 2.31 bits per heavy atom. The van der Waals surface area contributed by atoms with Crippen molar-refractivity contribution >= 4 is 17.8 Å². The summed E-state index contributed by atoms with van der Waals surface area (Å²) in [5.41, 5.74) is 4.65. The van der Waals surface area contributed by atoms with E-state index in [-0.39, 0.29) is 18.2 Å². The number of amides is 2. The Bertz CT molecular complexity index is 351. The minimum absolute atomic E-state index is 0.0997. The van der Waals surface area contributed by atoms with Gasteiger partial charge in [-0.3, -0.25) is 19.3 Å². The van der Waals surface area contributed by atoms with E-state index in [1.165, 1.54) is 6.92 Å². The van der Waals surface area contributed by atoms with Crippen LogP contribution < -0.4 is 5.73 Å². The number of nitrogens with zero attached hydrogens (tertiary/aromatic N) is 1. The zero-order chi connectivity index (χ0) is 12.7. The molecule has 6 nitrogen and oxygen atoms in total. The molecule has 1 aliphatic rings. The standard InChI is InChI=1S/C10H16N2O4/c1-5(7(11)8(14)15)12-6(13)4-10(2,3)9(12)16/h5,7H,4,11H2,1-3H3,(H,14,15). The van der Waals surface area contributed by atoms with Crippen molar-refractivity contribution in [1.82, 2.24) is 4.90 Å². The molecule has 3 N–H and O–H groups in total. The summed E-state index contributed by atoms with van der Waals surface area (Å²) in [6.07, 6.45) is 0.0997. The molecular weight excluding hydrogens is 212 g/mol. The topological polar surface area (TPSA) is 101 Å². The van der Waals surface area contributed by atoms with Gasteiger partial charge in [-0.05, 0) is 6.92 Å². The Morgan fingerprint density at radius 2 is 2.00 bits per heavy atom. The number of nitrogens with two attached hydrogens (primary N) is 1. The molecule has 2 unspecified atom stereocenters. The molecular formula is C10H16N2O4. The molecule has 1 heterocycles. The number of rotatable bonds is 3. The van der Waals surface area contributed by atoms with Crippen LogP contribution in [0.15, 0.2) is 0 Å². The number of carboxylic acid groups (broad SMARTS) is 1. The van der Waals surface area contributed by atoms with Crippen molar-refractivity contribution in [1.29, 1.82) is 0 Å². The van der Waals surface area contributed by atoms with Crippen molar-refractivity contribution in [2.75, 3.05) is 0 Å². The number of hydrogen-bond donors (Lipinski definition) is 2. The van der Waals surface area contributed by atoms with Gasteiger partial charge in [0.1, 0.15) is 6.04 Å². The molecule has 0 aromatic heterocycles. The predicted octanol–water partition coefficient (Wildman–Crippen LogP) is -0.428. The van der Waals surface area contributed by atoms with Crippen molar-refractivity contribution in [3.8, 4) is 0 Å². The summed E-state index contributed by atoms with van der Waals surface area (Å²) in [5, 5.41) is 8.74. The van der Waals surface area contributed by atoms with Crippen LogP contribution in [-0.2, 0) is 14.4 Å². The second-order valence-corrected chi connectivity index (χ2v) is 4.73. The van der Waals surface area contributed by atoms with Gasteiger partial charge in [0, 0.05) is 6.42 Å². The van der Waals surface area contributed by atoms with Gasteiger partial charge in [-0.25, -0.2) is 0 Å². The molecule has 1 rings (SSSR count). The molecule has 0 aromatic carbocycles. The Hall–Kier alpha value is -1.43. The number of likely N-dealkylation sites (tertiary alicyclic amines) is 1. The van der Waals surface area contributed by atoms with Gasteiger partial charge >= 0.3 is 5.97 Å². The lowest BCUT2D eigenvalue weighted by molar-refractivity contribution is -0.146. The molecule has 0 aromatic rings. The van der Waals surface area contributed by atoms with E-state index in [9.17, 15) is 14.4 Å². The van der Waals surface area contributed by atoms with E-state index in [4.69, 9.17) is 10.8 Å². The number of aliphatic carboxylic acids is 1. The summed E-state index contributed by atoms with van der Waals surface area (Å²) in [6.45, 7) is 4.79. The molecule has 0 radical (unpaired) electrons. The maximum atomic E-state index is 11.9. The molecule has 90 valence electrons. The van der Waals surface area contributed by atoms with Crippen LogP contribution in [0.2, 0.25) is 0 Å². The average Bonchev–Trinajstić information content (AvgIpc) is 2.34. The minimum Gasteiger partial charge on any atom is -0.480 e. The lowest BCUT2D eigenvalue weighted by Crippen LogP contribution is -2.52. The molecule has 6 heteroatoms. The quantitative estimate of drug-likeness (QED) is 0.638. The third-order valence-corrected chi connectivity index (χ3v) is 2.87. The van der Waals surface area contributed by atoms with Crippen LogP contribution in [0.25, 0.3) is 0 Å². The smallest absolute Gasteiger partial charge is 0.322 e. The largest absolute Gasteiger partial charge is 0.480 e. The number of hydrogen-bond acceptors (Lipinski definition) is 4. The Morgan fingerprint density at radius 1 is 1.50 bits per heavy atom. The van der Waals surface area contributed by atoms with Crippen LogP contribution in [0.3, 0.4) is 0 Å². The van der Waals surface area contributed by atoms with E-state index in [0.717, 1.165) is 4.90 Å². The average molecular weight is 228 g/mol. The zero-order valence-corrected chi connectivity index (χ0v) is 9.56. The second-order valence-electron chi connectivity index (χ2n) is 4.73. The van der Waals surface area contributed by atoms with Gasteiger partial charge in [-0.1, -0.05) is 13.8 Å². The van der Waals surface area contributed by atoms with Gasteiger partial charge in [-0.2, -0.15) is 0 Å². The summed E-state index contributed by atoms with van der Waals surface area (Å²) in [4.78, 5) is 35.2. The first-order chi connectivity index (χ1) is 7.18. The molecule has 1 saturated heterocycles. The Kier molecular flexibility index (Phi) is 3.05. The van der Waals surface area contributed by atoms with Gasteiger partial charge in [0.2, 0.25) is 11.8 Å². The normalized spacial score (nSPS) is 23.4. The fraction of sp³-hybridized carbons (Fsp3) is 0.700. The summed E-state index contributed by atoms with van der Waals surface area (Å²) >= 11 is 0. The monoisotopic (exact) mass is 228 g/mol. The highest BCUT2D eigenvalue weighted by Crippen LogP contribution is 2.33. The third kappa shape index (κ3) is 1.92. The third-order valence-electron chi connectivity index (χ3n) is 2.87. The van der Waals surface area contributed by atoms with Crippen LogP contribution in [0, 0.1) is 5.41 Å². The van der Waals surface area contributed by atoms with Crippen LogP contribution >= 0.6 is 0 Å². The number of imide groups is 1. The summed E-state index contributed by atoms with van der Waals surface area (Å²) in [6, 6.07) is -2.07. The van der Waals surface area contributed by atoms with E-state index in [1.807, 2.05) is 0 Å². The Labute approximate surface area is 93.4 Å². The first-order valence-corrected chi connectivity index (χ1v) is 5.03. The van der Waals surface area contributed by atoms with E-state index in [0.29, 0.717) is 0 Å². The van der Waals surface area contributed by atoms with Gasteiger partial charge in [0.05, 0.1) is 11.5 Å². The van der Waals surface area contributed by atoms with E-state index in [2.05, 4.69) is 0 Å². The van der Waals surface area contributed by atoms with Crippen molar-refractivity contribution in [2.24, 2.45) is 11.1 Å². The first kappa shape index (κ1) is 12.6. The van der Waals surface area contributed by atoms with Crippen molar-refractivity contribution < 1.29 is 19.5 Å². The van der Waals surface area contributed by atoms with E-state index < -0.39 is 23.5 Å². The van der Waals surface area contributed by atoms with E-state index >= 15 is 0 Å². The molecule has 2 atom stereocenters. The van der Waals surface area contributed by atoms with Crippen LogP contribution in [0.4, 0.5) is 0 Å². The Balaban J connectivity index is 2.94. The first-order valence-electron chi connectivity index (χ1n) is 5.03. The predicted molar refractivity (Wildman–Crippen MR) is 55.3 cm³/mol. The SMILES string of the molecule is CC(C(N)C(=O)O)N1C(=O)CC(C)(C)C1=O. The van der Waals surface area contributed by atoms with Crippen molar-refractivity contribution in [2.45, 2.75) is 39.3 Å². The highest BCUT2D eigenvalue weighted by molar-refractivity contribution is 6.06. The van der Waals surface area contributed by atoms with Crippen LogP contribution in [0.1, 0.15) is 27.2 Å². The zero-order valence-electron chi connectivity index (χ0n) is 9.56. The lowest BCUT2D eigenvalue weighted by atomic mass is 9.92. The molecule has 0 aliphatic carbocycles.